The van der Waals surface area contributed by atoms with Gasteiger partial charge in [-0.25, -0.2) is 9.97 Å². The molecule has 2 aromatic rings. The van der Waals surface area contributed by atoms with Crippen molar-refractivity contribution in [3.8, 4) is 0 Å². The molecule has 0 aromatic carbocycles. The molecule has 0 radical (unpaired) electrons. The van der Waals surface area contributed by atoms with Crippen LogP contribution >= 0.6 is 10.1 Å². The molecule has 2 aromatic heterocycles. The standard InChI is InChI=1S/2C4H6N2.ClH.Cu.H2O/c2*1-6-3-2-5-4-6;;;/h2*2-4H,1H3;1H;;1H2/q;;;+2;/p-2. The molecule has 0 fully saturated rings. The third kappa shape index (κ3) is 9.49. The van der Waals surface area contributed by atoms with Crippen LogP contribution in [0.3, 0.4) is 0 Å². The quantitative estimate of drug-likeness (QED) is 0.684. The molecule has 1 N–H and O–H groups in total. The molecule has 5 nitrogen and oxygen atoms in total. The van der Waals surface area contributed by atoms with Crippen molar-refractivity contribution in [3.63, 3.8) is 0 Å². The molecule has 0 bridgehead atoms. The van der Waals surface area contributed by atoms with Crippen molar-refractivity contribution in [1.29, 1.82) is 0 Å². The Bertz CT molecular complexity index is 266. The van der Waals surface area contributed by atoms with E-state index in [9.17, 15) is 0 Å². The minimum absolute atomic E-state index is 0. The number of imidazole rings is 2. The maximum atomic E-state index is 4.20. The van der Waals surface area contributed by atoms with Gasteiger partial charge in [-0.3, -0.25) is 0 Å². The Labute approximate surface area is 101 Å². The van der Waals surface area contributed by atoms with Gasteiger partial charge in [0.2, 0.25) is 0 Å². The zero-order chi connectivity index (χ0) is 10.8. The van der Waals surface area contributed by atoms with Crippen molar-refractivity contribution in [1.82, 2.24) is 19.1 Å². The van der Waals surface area contributed by atoms with Crippen LogP contribution in [-0.2, 0) is 29.2 Å². The van der Waals surface area contributed by atoms with Crippen LogP contribution in [0.15, 0.2) is 37.4 Å². The first kappa shape index (κ1) is 16.6. The van der Waals surface area contributed by atoms with Crippen molar-refractivity contribution >= 4 is 10.1 Å². The molecule has 0 spiro atoms. The smallest absolute Gasteiger partial charge is 0.870 e. The predicted octanol–water partition coefficient (Wildman–Crippen LogP) is 1.35. The normalized spacial score (nSPS) is 7.53. The van der Waals surface area contributed by atoms with E-state index in [-0.39, 0.29) is 5.48 Å². The minimum Gasteiger partial charge on any atom is -0.870 e. The first-order valence-electron chi connectivity index (χ1n) is 3.74. The molecule has 0 saturated heterocycles. The van der Waals surface area contributed by atoms with Crippen LogP contribution in [0.5, 0.6) is 0 Å². The number of aromatic nitrogens is 4. The first-order chi connectivity index (χ1) is 6.79. The Hall–Kier alpha value is -0.811. The third-order valence-corrected chi connectivity index (χ3v) is 1.27. The molecule has 15 heavy (non-hydrogen) atoms. The number of aryl methyl sites for hydroxylation is 2. The van der Waals surface area contributed by atoms with E-state index in [4.69, 9.17) is 0 Å². The van der Waals surface area contributed by atoms with Gasteiger partial charge in [-0.1, -0.05) is 0 Å². The van der Waals surface area contributed by atoms with Crippen molar-refractivity contribution in [2.45, 2.75) is 0 Å². The second-order valence-corrected chi connectivity index (χ2v) is 2.46. The fourth-order valence-electron chi connectivity index (χ4n) is 0.652. The van der Waals surface area contributed by atoms with Gasteiger partial charge in [0.25, 0.3) is 0 Å². The summed E-state index contributed by atoms with van der Waals surface area (Å²) in [4.78, 5) is 7.57. The van der Waals surface area contributed by atoms with Crippen LogP contribution in [0, 0.1) is 0 Å². The summed E-state index contributed by atoms with van der Waals surface area (Å²) in [6, 6.07) is 0. The van der Waals surface area contributed by atoms with Gasteiger partial charge < -0.3 is 14.6 Å². The summed E-state index contributed by atoms with van der Waals surface area (Å²) in [5.41, 5.74) is 0. The largest absolute Gasteiger partial charge is 0.870 e. The molecule has 89 valence electrons. The van der Waals surface area contributed by atoms with Crippen LogP contribution in [0.2, 0.25) is 0 Å². The molecule has 0 amide bonds. The average molecular weight is 280 g/mol. The van der Waals surface area contributed by atoms with Gasteiger partial charge in [0.15, 0.2) is 0 Å². The van der Waals surface area contributed by atoms with Gasteiger partial charge in [-0.15, -0.1) is 0 Å². The number of hydrogen-bond donors (Lipinski definition) is 0. The molecule has 0 atom stereocenters. The number of halogens is 1. The molecule has 0 aliphatic heterocycles. The molecule has 0 aliphatic carbocycles. The van der Waals surface area contributed by atoms with E-state index < -0.39 is 0 Å². The second-order valence-electron chi connectivity index (χ2n) is 2.46. The molecule has 7 heteroatoms. The maximum absolute atomic E-state index is 4.20. The number of hydrogen-bond acceptors (Lipinski definition) is 3. The zero-order valence-corrected chi connectivity index (χ0v) is 10.1. The minimum atomic E-state index is 0. The van der Waals surface area contributed by atoms with E-state index in [2.05, 4.69) is 35.2 Å². The molecule has 2 rings (SSSR count). The third-order valence-electron chi connectivity index (χ3n) is 1.27. The van der Waals surface area contributed by atoms with Crippen molar-refractivity contribution < 1.29 is 20.6 Å². The molecule has 0 unspecified atom stereocenters. The van der Waals surface area contributed by atoms with E-state index in [0.717, 1.165) is 0 Å². The van der Waals surface area contributed by atoms with Crippen molar-refractivity contribution in [3.05, 3.63) is 37.4 Å². The second kappa shape index (κ2) is 11.3. The average Bonchev–Trinajstić information content (AvgIpc) is 2.83. The Morgan fingerprint density at radius 2 is 1.27 bits per heavy atom. The van der Waals surface area contributed by atoms with E-state index >= 15 is 0 Å². The van der Waals surface area contributed by atoms with E-state index in [1.54, 1.807) is 25.0 Å². The van der Waals surface area contributed by atoms with Crippen LogP contribution in [0.25, 0.3) is 0 Å². The molecule has 2 heterocycles. The van der Waals surface area contributed by atoms with E-state index in [1.165, 1.54) is 0 Å². The molecule has 0 saturated carbocycles. The Kier molecular flexibility index (Phi) is 12.5. The first-order valence-corrected chi connectivity index (χ1v) is 5.04. The Morgan fingerprint density at radius 1 is 0.933 bits per heavy atom. The van der Waals surface area contributed by atoms with Gasteiger partial charge in [0, 0.05) is 38.9 Å². The fraction of sp³-hybridized carbons (Fsp3) is 0.250. The number of nitrogens with zero attached hydrogens (tertiary/aromatic N) is 4. The SMILES string of the molecule is Cn1ccnc1.Cn1ccnc1.[Cl][Cu+].[OH-]. The maximum Gasteiger partial charge on any atom is -0.870 e. The predicted molar refractivity (Wildman–Crippen MR) is 54.2 cm³/mol. The Balaban J connectivity index is 0. The topological polar surface area (TPSA) is 65.6 Å². The van der Waals surface area contributed by atoms with Crippen LogP contribution in [-0.4, -0.2) is 24.6 Å². The zero-order valence-electron chi connectivity index (χ0n) is 8.38. The monoisotopic (exact) mass is 279 g/mol. The Morgan fingerprint density at radius 3 is 1.33 bits per heavy atom. The summed E-state index contributed by atoms with van der Waals surface area (Å²) in [6.45, 7) is 0. The molecule has 0 aliphatic rings. The summed E-state index contributed by atoms with van der Waals surface area (Å²) in [5, 5.41) is 0. The number of rotatable bonds is 0. The molecular formula is C8H13ClCuN4O. The summed E-state index contributed by atoms with van der Waals surface area (Å²) in [5.74, 6) is 0. The van der Waals surface area contributed by atoms with Gasteiger partial charge in [0.1, 0.15) is 0 Å². The van der Waals surface area contributed by atoms with Gasteiger partial charge in [-0.2, -0.15) is 0 Å². The van der Waals surface area contributed by atoms with Crippen LogP contribution < -0.4 is 0 Å². The molecular weight excluding hydrogens is 267 g/mol. The van der Waals surface area contributed by atoms with Crippen LogP contribution in [0.4, 0.5) is 0 Å². The fourth-order valence-corrected chi connectivity index (χ4v) is 0.652. The van der Waals surface area contributed by atoms with Gasteiger partial charge >= 0.3 is 25.2 Å². The van der Waals surface area contributed by atoms with E-state index in [0.29, 0.717) is 0 Å². The van der Waals surface area contributed by atoms with Gasteiger partial charge in [-0.05, 0) is 0 Å². The summed E-state index contributed by atoms with van der Waals surface area (Å²) in [7, 11) is 8.08. The summed E-state index contributed by atoms with van der Waals surface area (Å²) in [6.07, 6.45) is 10.8. The van der Waals surface area contributed by atoms with Crippen LogP contribution in [0.1, 0.15) is 0 Å². The van der Waals surface area contributed by atoms with Crippen molar-refractivity contribution in [2.75, 3.05) is 0 Å². The summed E-state index contributed by atoms with van der Waals surface area (Å²) < 4.78 is 3.78. The van der Waals surface area contributed by atoms with E-state index in [1.807, 2.05) is 35.6 Å². The van der Waals surface area contributed by atoms with Gasteiger partial charge in [0.05, 0.1) is 12.7 Å². The summed E-state index contributed by atoms with van der Waals surface area (Å²) >= 11 is 3.66. The van der Waals surface area contributed by atoms with Crippen molar-refractivity contribution in [2.24, 2.45) is 14.1 Å².